The predicted octanol–water partition coefficient (Wildman–Crippen LogP) is 4.79. The topological polar surface area (TPSA) is 43.1 Å². The molecule has 2 aromatic rings. The third-order valence-corrected chi connectivity index (χ3v) is 4.18. The molecule has 3 nitrogen and oxygen atoms in total. The van der Waals surface area contributed by atoms with E-state index in [1.165, 1.54) is 23.9 Å². The van der Waals surface area contributed by atoms with Crippen molar-refractivity contribution < 1.29 is 9.31 Å². The number of halogens is 2. The van der Waals surface area contributed by atoms with Gasteiger partial charge in [-0.1, -0.05) is 6.07 Å². The maximum Gasteiger partial charge on any atom is 0.283 e. The van der Waals surface area contributed by atoms with Crippen molar-refractivity contribution >= 4 is 33.4 Å². The maximum atomic E-state index is 12.7. The lowest BCUT2D eigenvalue weighted by atomic mass is 10.2. The van der Waals surface area contributed by atoms with Gasteiger partial charge in [0.1, 0.15) is 5.82 Å². The molecular formula is C13H9BrFNO2S. The smallest absolute Gasteiger partial charge is 0.258 e. The number of hydrogen-bond donors (Lipinski definition) is 0. The van der Waals surface area contributed by atoms with Crippen molar-refractivity contribution in [2.24, 2.45) is 0 Å². The van der Waals surface area contributed by atoms with Gasteiger partial charge < -0.3 is 0 Å². The summed E-state index contributed by atoms with van der Waals surface area (Å²) >= 11 is 4.65. The lowest BCUT2D eigenvalue weighted by molar-refractivity contribution is -0.385. The molecule has 0 unspecified atom stereocenters. The zero-order valence-corrected chi connectivity index (χ0v) is 12.1. The Labute approximate surface area is 122 Å². The van der Waals surface area contributed by atoms with Crippen molar-refractivity contribution in [3.63, 3.8) is 0 Å². The minimum atomic E-state index is -0.420. The zero-order chi connectivity index (χ0) is 13.8. The Bertz CT molecular complexity index is 604. The third kappa shape index (κ3) is 3.78. The SMILES string of the molecule is O=[N+]([O-])c1cc(CSc2ccc(F)cc2)ccc1Br. The standard InChI is InChI=1S/C13H9BrFNO2S/c14-12-6-1-9(7-13(12)16(17)18)8-19-11-4-2-10(15)3-5-11/h1-7H,8H2. The molecule has 0 spiro atoms. The average Bonchev–Trinajstić information content (AvgIpc) is 2.39. The predicted molar refractivity (Wildman–Crippen MR) is 76.8 cm³/mol. The van der Waals surface area contributed by atoms with Crippen molar-refractivity contribution in [1.29, 1.82) is 0 Å². The number of rotatable bonds is 4. The highest BCUT2D eigenvalue weighted by molar-refractivity contribution is 9.10. The summed E-state index contributed by atoms with van der Waals surface area (Å²) in [6, 6.07) is 11.2. The van der Waals surface area contributed by atoms with Gasteiger partial charge in [0.25, 0.3) is 5.69 Å². The summed E-state index contributed by atoms with van der Waals surface area (Å²) in [7, 11) is 0. The van der Waals surface area contributed by atoms with Crippen molar-refractivity contribution in [1.82, 2.24) is 0 Å². The molecule has 0 fully saturated rings. The Kier molecular flexibility index (Phi) is 4.55. The first-order valence-electron chi connectivity index (χ1n) is 5.37. The number of nitro benzene ring substituents is 1. The van der Waals surface area contributed by atoms with Gasteiger partial charge in [0, 0.05) is 16.7 Å². The molecule has 0 aliphatic carbocycles. The van der Waals surface area contributed by atoms with Gasteiger partial charge >= 0.3 is 0 Å². The molecule has 98 valence electrons. The molecule has 0 saturated heterocycles. The second kappa shape index (κ2) is 6.16. The highest BCUT2D eigenvalue weighted by atomic mass is 79.9. The molecule has 0 heterocycles. The van der Waals surface area contributed by atoms with E-state index >= 15 is 0 Å². The van der Waals surface area contributed by atoms with E-state index in [9.17, 15) is 14.5 Å². The fourth-order valence-electron chi connectivity index (χ4n) is 1.49. The monoisotopic (exact) mass is 341 g/mol. The maximum absolute atomic E-state index is 12.7. The summed E-state index contributed by atoms with van der Waals surface area (Å²) in [5, 5.41) is 10.8. The van der Waals surface area contributed by atoms with Gasteiger partial charge in [0.05, 0.1) is 9.40 Å². The number of hydrogen-bond acceptors (Lipinski definition) is 3. The first kappa shape index (κ1) is 14.0. The molecular weight excluding hydrogens is 333 g/mol. The van der Waals surface area contributed by atoms with Gasteiger partial charge in [-0.15, -0.1) is 11.8 Å². The Balaban J connectivity index is 2.09. The van der Waals surface area contributed by atoms with Gasteiger partial charge in [-0.25, -0.2) is 4.39 Å². The second-order valence-corrected chi connectivity index (χ2v) is 5.69. The van der Waals surface area contributed by atoms with Crippen LogP contribution in [0.25, 0.3) is 0 Å². The number of nitro groups is 1. The van der Waals surface area contributed by atoms with Crippen LogP contribution in [0.1, 0.15) is 5.56 Å². The number of benzene rings is 2. The normalized spacial score (nSPS) is 10.4. The Morgan fingerprint density at radius 1 is 1.21 bits per heavy atom. The molecule has 0 aliphatic heterocycles. The molecule has 0 aromatic heterocycles. The molecule has 0 saturated carbocycles. The summed E-state index contributed by atoms with van der Waals surface area (Å²) in [5.41, 5.74) is 0.904. The number of thioether (sulfide) groups is 1. The molecule has 2 rings (SSSR count). The van der Waals surface area contributed by atoms with Gasteiger partial charge in [-0.2, -0.15) is 0 Å². The van der Waals surface area contributed by atoms with Crippen LogP contribution in [0.3, 0.4) is 0 Å². The van der Waals surface area contributed by atoms with Gasteiger partial charge in [0.2, 0.25) is 0 Å². The van der Waals surface area contributed by atoms with Crippen LogP contribution < -0.4 is 0 Å². The van der Waals surface area contributed by atoms with Crippen LogP contribution in [0.2, 0.25) is 0 Å². The van der Waals surface area contributed by atoms with Crippen LogP contribution in [-0.4, -0.2) is 4.92 Å². The van der Waals surface area contributed by atoms with Crippen LogP contribution in [0.4, 0.5) is 10.1 Å². The molecule has 0 atom stereocenters. The zero-order valence-electron chi connectivity index (χ0n) is 9.68. The highest BCUT2D eigenvalue weighted by Crippen LogP contribution is 2.29. The van der Waals surface area contributed by atoms with Gasteiger partial charge in [0.15, 0.2) is 0 Å². The van der Waals surface area contributed by atoms with Crippen LogP contribution in [0, 0.1) is 15.9 Å². The van der Waals surface area contributed by atoms with Crippen molar-refractivity contribution in [2.75, 3.05) is 0 Å². The highest BCUT2D eigenvalue weighted by Gasteiger charge is 2.12. The van der Waals surface area contributed by atoms with E-state index in [0.29, 0.717) is 10.2 Å². The van der Waals surface area contributed by atoms with E-state index in [2.05, 4.69) is 15.9 Å². The molecule has 0 amide bonds. The molecule has 19 heavy (non-hydrogen) atoms. The Morgan fingerprint density at radius 2 is 1.89 bits per heavy atom. The van der Waals surface area contributed by atoms with E-state index in [1.54, 1.807) is 24.3 Å². The van der Waals surface area contributed by atoms with E-state index in [-0.39, 0.29) is 11.5 Å². The average molecular weight is 342 g/mol. The lowest BCUT2D eigenvalue weighted by Crippen LogP contribution is -1.91. The summed E-state index contributed by atoms with van der Waals surface area (Å²) in [6.45, 7) is 0. The van der Waals surface area contributed by atoms with Gasteiger partial charge in [-0.3, -0.25) is 10.1 Å². The minimum absolute atomic E-state index is 0.0530. The summed E-state index contributed by atoms with van der Waals surface area (Å²) in [5.74, 6) is 0.323. The molecule has 2 aromatic carbocycles. The van der Waals surface area contributed by atoms with E-state index in [1.807, 2.05) is 6.07 Å². The molecule has 6 heteroatoms. The third-order valence-electron chi connectivity index (χ3n) is 2.43. The van der Waals surface area contributed by atoms with Crippen LogP contribution in [0.5, 0.6) is 0 Å². The molecule has 0 aliphatic rings. The van der Waals surface area contributed by atoms with E-state index < -0.39 is 4.92 Å². The van der Waals surface area contributed by atoms with Crippen LogP contribution >= 0.6 is 27.7 Å². The van der Waals surface area contributed by atoms with E-state index in [4.69, 9.17) is 0 Å². The summed E-state index contributed by atoms with van der Waals surface area (Å²) in [4.78, 5) is 11.3. The van der Waals surface area contributed by atoms with Gasteiger partial charge in [-0.05, 0) is 51.8 Å². The van der Waals surface area contributed by atoms with Crippen molar-refractivity contribution in [2.45, 2.75) is 10.6 Å². The van der Waals surface area contributed by atoms with E-state index in [0.717, 1.165) is 10.5 Å². The first-order valence-corrected chi connectivity index (χ1v) is 7.15. The van der Waals surface area contributed by atoms with Crippen molar-refractivity contribution in [3.05, 3.63) is 68.4 Å². The lowest BCUT2D eigenvalue weighted by Gasteiger charge is -2.03. The molecule has 0 bridgehead atoms. The first-order chi connectivity index (χ1) is 9.06. The summed E-state index contributed by atoms with van der Waals surface area (Å²) < 4.78 is 13.2. The Hall–Kier alpha value is -1.40. The second-order valence-electron chi connectivity index (χ2n) is 3.79. The van der Waals surface area contributed by atoms with Crippen LogP contribution in [-0.2, 0) is 5.75 Å². The largest absolute Gasteiger partial charge is 0.283 e. The quantitative estimate of drug-likeness (QED) is 0.456. The minimum Gasteiger partial charge on any atom is -0.258 e. The van der Waals surface area contributed by atoms with Crippen molar-refractivity contribution in [3.8, 4) is 0 Å². The Morgan fingerprint density at radius 3 is 2.53 bits per heavy atom. The molecule has 0 radical (unpaired) electrons. The summed E-state index contributed by atoms with van der Waals surface area (Å²) in [6.07, 6.45) is 0. The van der Waals surface area contributed by atoms with Crippen LogP contribution in [0.15, 0.2) is 51.8 Å². The number of nitrogens with zero attached hydrogens (tertiary/aromatic N) is 1. The fourth-order valence-corrected chi connectivity index (χ4v) is 2.72. The fraction of sp³-hybridized carbons (Fsp3) is 0.0769. The molecule has 0 N–H and O–H groups in total.